The maximum Gasteiger partial charge on any atom is 0.407 e. The van der Waals surface area contributed by atoms with Crippen molar-refractivity contribution in [1.82, 2.24) is 10.6 Å². The Morgan fingerprint density at radius 2 is 1.95 bits per heavy atom. The first-order chi connectivity index (χ1) is 9.99. The highest BCUT2D eigenvalue weighted by Gasteiger charge is 2.34. The molecule has 7 heteroatoms. The molecule has 1 aliphatic carbocycles. The zero-order chi connectivity index (χ0) is 17.0. The maximum absolute atomic E-state index is 11.7. The van der Waals surface area contributed by atoms with Crippen LogP contribution in [0.25, 0.3) is 0 Å². The van der Waals surface area contributed by atoms with Gasteiger partial charge in [0.25, 0.3) is 0 Å². The van der Waals surface area contributed by atoms with E-state index in [9.17, 15) is 13.2 Å². The van der Waals surface area contributed by atoms with Crippen LogP contribution in [0.5, 0.6) is 0 Å². The molecular formula is C15H30N2O4S. The fourth-order valence-electron chi connectivity index (χ4n) is 2.74. The lowest BCUT2D eigenvalue weighted by Crippen LogP contribution is -2.43. The zero-order valence-corrected chi connectivity index (χ0v) is 15.1. The van der Waals surface area contributed by atoms with Gasteiger partial charge in [0.2, 0.25) is 0 Å². The topological polar surface area (TPSA) is 84.5 Å². The number of carbonyl (C=O) groups excluding carboxylic acids is 1. The summed E-state index contributed by atoms with van der Waals surface area (Å²) in [5.74, 6) is 0. The highest BCUT2D eigenvalue weighted by atomic mass is 32.2. The predicted octanol–water partition coefficient (Wildman–Crippen LogP) is 1.85. The Morgan fingerprint density at radius 3 is 2.50 bits per heavy atom. The lowest BCUT2D eigenvalue weighted by molar-refractivity contribution is 0.0506. The monoisotopic (exact) mass is 334 g/mol. The van der Waals surface area contributed by atoms with Gasteiger partial charge in [-0.25, -0.2) is 13.2 Å². The molecule has 0 aromatic carbocycles. The van der Waals surface area contributed by atoms with Crippen molar-refractivity contribution in [3.05, 3.63) is 0 Å². The molecule has 22 heavy (non-hydrogen) atoms. The lowest BCUT2D eigenvalue weighted by atomic mass is 10.2. The number of rotatable bonds is 6. The van der Waals surface area contributed by atoms with Crippen LogP contribution in [0.15, 0.2) is 0 Å². The first-order valence-electron chi connectivity index (χ1n) is 7.91. The number of hydrogen-bond acceptors (Lipinski definition) is 5. The van der Waals surface area contributed by atoms with Gasteiger partial charge < -0.3 is 15.4 Å². The Labute approximate surface area is 134 Å². The molecule has 0 saturated heterocycles. The Hall–Kier alpha value is -0.820. The first kappa shape index (κ1) is 19.2. The van der Waals surface area contributed by atoms with E-state index in [0.29, 0.717) is 6.54 Å². The number of amides is 1. The third-order valence-electron chi connectivity index (χ3n) is 3.75. The highest BCUT2D eigenvalue weighted by Crippen LogP contribution is 2.24. The van der Waals surface area contributed by atoms with E-state index in [1.807, 2.05) is 27.7 Å². The molecular weight excluding hydrogens is 304 g/mol. The van der Waals surface area contributed by atoms with Crippen LogP contribution in [0.4, 0.5) is 4.79 Å². The van der Waals surface area contributed by atoms with Gasteiger partial charge in [0.05, 0.1) is 5.25 Å². The standard InChI is InChI=1S/C15H30N2O4S/c1-11(17-14(18)21-15(2,3)4)9-10-16-12-7-6-8-13(12)22(5,19)20/h11-13,16H,6-10H2,1-5H3,(H,17,18). The number of alkyl carbamates (subject to hydrolysis) is 1. The van der Waals surface area contributed by atoms with Crippen LogP contribution >= 0.6 is 0 Å². The number of nitrogens with one attached hydrogen (secondary N) is 2. The molecule has 0 aromatic rings. The van der Waals surface area contributed by atoms with Crippen LogP contribution in [0.1, 0.15) is 53.4 Å². The molecule has 0 spiro atoms. The summed E-state index contributed by atoms with van der Waals surface area (Å²) in [6.07, 6.45) is 4.20. The van der Waals surface area contributed by atoms with Crippen LogP contribution in [0.2, 0.25) is 0 Å². The van der Waals surface area contributed by atoms with Crippen molar-refractivity contribution >= 4 is 15.9 Å². The minimum Gasteiger partial charge on any atom is -0.444 e. The van der Waals surface area contributed by atoms with Crippen molar-refractivity contribution in [1.29, 1.82) is 0 Å². The van der Waals surface area contributed by atoms with Crippen molar-refractivity contribution in [3.63, 3.8) is 0 Å². The summed E-state index contributed by atoms with van der Waals surface area (Å²) in [6.45, 7) is 8.06. The summed E-state index contributed by atoms with van der Waals surface area (Å²) in [5.41, 5.74) is -0.505. The molecule has 0 radical (unpaired) electrons. The van der Waals surface area contributed by atoms with E-state index in [1.165, 1.54) is 6.26 Å². The number of carbonyl (C=O) groups is 1. The molecule has 2 N–H and O–H groups in total. The van der Waals surface area contributed by atoms with Crippen LogP contribution in [-0.2, 0) is 14.6 Å². The quantitative estimate of drug-likeness (QED) is 0.774. The van der Waals surface area contributed by atoms with Crippen LogP contribution in [-0.4, -0.2) is 50.2 Å². The van der Waals surface area contributed by atoms with Gasteiger partial charge in [0.15, 0.2) is 9.84 Å². The smallest absolute Gasteiger partial charge is 0.407 e. The van der Waals surface area contributed by atoms with Crippen molar-refractivity contribution in [2.24, 2.45) is 0 Å². The van der Waals surface area contributed by atoms with Crippen LogP contribution in [0, 0.1) is 0 Å². The molecule has 1 fully saturated rings. The third-order valence-corrected chi connectivity index (χ3v) is 5.41. The Kier molecular flexibility index (Phi) is 6.67. The van der Waals surface area contributed by atoms with Crippen LogP contribution < -0.4 is 10.6 Å². The summed E-state index contributed by atoms with van der Waals surface area (Å²) in [4.78, 5) is 11.6. The van der Waals surface area contributed by atoms with Gasteiger partial charge in [0, 0.05) is 18.3 Å². The second kappa shape index (κ2) is 7.64. The van der Waals surface area contributed by atoms with Gasteiger partial charge >= 0.3 is 6.09 Å². The number of sulfone groups is 1. The lowest BCUT2D eigenvalue weighted by Gasteiger charge is -2.23. The van der Waals surface area contributed by atoms with Crippen molar-refractivity contribution in [3.8, 4) is 0 Å². The van der Waals surface area contributed by atoms with Gasteiger partial charge in [-0.1, -0.05) is 6.42 Å². The van der Waals surface area contributed by atoms with E-state index in [2.05, 4.69) is 10.6 Å². The summed E-state index contributed by atoms with van der Waals surface area (Å²) in [5, 5.41) is 5.83. The van der Waals surface area contributed by atoms with E-state index >= 15 is 0 Å². The number of hydrogen-bond donors (Lipinski definition) is 2. The average molecular weight is 334 g/mol. The van der Waals surface area contributed by atoms with Crippen LogP contribution in [0.3, 0.4) is 0 Å². The summed E-state index contributed by atoms with van der Waals surface area (Å²) < 4.78 is 28.6. The third kappa shape index (κ3) is 6.96. The molecule has 1 aliphatic rings. The summed E-state index contributed by atoms with van der Waals surface area (Å²) >= 11 is 0. The Morgan fingerprint density at radius 1 is 1.32 bits per heavy atom. The fourth-order valence-corrected chi connectivity index (χ4v) is 4.16. The summed E-state index contributed by atoms with van der Waals surface area (Å²) in [6, 6.07) is 0.00386. The van der Waals surface area contributed by atoms with Crippen molar-refractivity contribution in [2.45, 2.75) is 76.3 Å². The molecule has 6 nitrogen and oxygen atoms in total. The molecule has 3 atom stereocenters. The maximum atomic E-state index is 11.7. The minimum atomic E-state index is -2.99. The Balaban J connectivity index is 2.30. The first-order valence-corrected chi connectivity index (χ1v) is 9.86. The van der Waals surface area contributed by atoms with Gasteiger partial charge in [-0.15, -0.1) is 0 Å². The molecule has 3 unspecified atom stereocenters. The second-order valence-electron chi connectivity index (χ2n) is 7.20. The van der Waals surface area contributed by atoms with Gasteiger partial charge in [-0.05, 0) is 53.5 Å². The van der Waals surface area contributed by atoms with Crippen molar-refractivity contribution < 1.29 is 17.9 Å². The van der Waals surface area contributed by atoms with E-state index in [0.717, 1.165) is 25.7 Å². The van der Waals surface area contributed by atoms with E-state index in [4.69, 9.17) is 4.74 Å². The second-order valence-corrected chi connectivity index (χ2v) is 9.46. The molecule has 0 heterocycles. The molecule has 1 amide bonds. The van der Waals surface area contributed by atoms with Gasteiger partial charge in [0.1, 0.15) is 5.60 Å². The molecule has 0 aliphatic heterocycles. The Bertz CT molecular complexity index is 470. The molecule has 130 valence electrons. The fraction of sp³-hybridized carbons (Fsp3) is 0.933. The normalized spacial score (nSPS) is 24.0. The summed E-state index contributed by atoms with van der Waals surface area (Å²) in [7, 11) is -2.99. The molecule has 0 bridgehead atoms. The zero-order valence-electron chi connectivity index (χ0n) is 14.3. The molecule has 0 aromatic heterocycles. The average Bonchev–Trinajstić information content (AvgIpc) is 2.73. The van der Waals surface area contributed by atoms with E-state index < -0.39 is 21.5 Å². The van der Waals surface area contributed by atoms with Crippen molar-refractivity contribution in [2.75, 3.05) is 12.8 Å². The highest BCUT2D eigenvalue weighted by molar-refractivity contribution is 7.91. The molecule has 1 rings (SSSR count). The molecule has 1 saturated carbocycles. The van der Waals surface area contributed by atoms with E-state index in [-0.39, 0.29) is 17.3 Å². The van der Waals surface area contributed by atoms with Gasteiger partial charge in [-0.2, -0.15) is 0 Å². The van der Waals surface area contributed by atoms with E-state index in [1.54, 1.807) is 0 Å². The SMILES string of the molecule is CC(CCNC1CCCC1S(C)(=O)=O)NC(=O)OC(C)(C)C. The predicted molar refractivity (Wildman–Crippen MR) is 87.7 cm³/mol. The van der Waals surface area contributed by atoms with Gasteiger partial charge in [-0.3, -0.25) is 0 Å². The minimum absolute atomic E-state index is 0.0274. The number of ether oxygens (including phenoxy) is 1. The largest absolute Gasteiger partial charge is 0.444 e.